The summed E-state index contributed by atoms with van der Waals surface area (Å²) in [7, 11) is -3.86. The molecule has 0 bridgehead atoms. The molecule has 1 atom stereocenters. The highest BCUT2D eigenvalue weighted by atomic mass is 32.2. The Morgan fingerprint density at radius 2 is 1.88 bits per heavy atom. The highest BCUT2D eigenvalue weighted by Gasteiger charge is 2.31. The Hall–Kier alpha value is -2.22. The minimum Gasteiger partial charge on any atom is -0.457 e. The third-order valence-corrected chi connectivity index (χ3v) is 6.03. The molecule has 2 aromatic carbocycles. The zero-order valence-corrected chi connectivity index (χ0v) is 15.0. The first-order valence-corrected chi connectivity index (χ1v) is 9.76. The van der Waals surface area contributed by atoms with Crippen molar-refractivity contribution in [1.82, 2.24) is 0 Å². The van der Waals surface area contributed by atoms with Gasteiger partial charge in [-0.2, -0.15) is 8.42 Å². The van der Waals surface area contributed by atoms with Crippen molar-refractivity contribution < 1.29 is 26.9 Å². The van der Waals surface area contributed by atoms with Crippen molar-refractivity contribution in [3.63, 3.8) is 0 Å². The Labute approximate surface area is 151 Å². The lowest BCUT2D eigenvalue weighted by Gasteiger charge is -2.27. The third-order valence-electron chi connectivity index (χ3n) is 4.74. The van der Waals surface area contributed by atoms with E-state index in [1.165, 1.54) is 12.1 Å². The monoisotopic (exact) mass is 374 g/mol. The minimum atomic E-state index is -3.86. The second kappa shape index (κ2) is 6.50. The lowest BCUT2D eigenvalue weighted by Crippen LogP contribution is -2.23. The number of hydrogen-bond donors (Lipinski definition) is 0. The molecular weight excluding hydrogens is 356 g/mol. The van der Waals surface area contributed by atoms with Gasteiger partial charge in [0.25, 0.3) is 10.1 Å². The topological polar surface area (TPSA) is 78.9 Å². The Bertz CT molecular complexity index is 962. The van der Waals surface area contributed by atoms with E-state index in [1.807, 2.05) is 6.92 Å². The predicted molar refractivity (Wildman–Crippen MR) is 92.3 cm³/mol. The lowest BCUT2D eigenvalue weighted by atomic mass is 9.91. The van der Waals surface area contributed by atoms with E-state index in [1.54, 1.807) is 24.3 Å². The molecule has 0 spiro atoms. The molecule has 136 valence electrons. The Balaban J connectivity index is 1.56. The molecule has 0 radical (unpaired) electrons. The van der Waals surface area contributed by atoms with E-state index >= 15 is 0 Å². The van der Waals surface area contributed by atoms with Crippen LogP contribution in [0, 0.1) is 6.92 Å². The van der Waals surface area contributed by atoms with Gasteiger partial charge in [0.15, 0.2) is 0 Å². The van der Waals surface area contributed by atoms with E-state index in [0.717, 1.165) is 22.3 Å². The van der Waals surface area contributed by atoms with Crippen LogP contribution in [0.5, 0.6) is 0 Å². The summed E-state index contributed by atoms with van der Waals surface area (Å²) in [6.07, 6.45) is 0.163. The van der Waals surface area contributed by atoms with Gasteiger partial charge in [0, 0.05) is 5.56 Å². The van der Waals surface area contributed by atoms with Crippen LogP contribution in [-0.2, 0) is 36.8 Å². The molecule has 0 amide bonds. The molecule has 0 N–H and O–H groups in total. The molecule has 0 fully saturated rings. The number of carbonyl (C=O) groups is 1. The maximum Gasteiger partial charge on any atom is 0.338 e. The van der Waals surface area contributed by atoms with Crippen LogP contribution in [0.1, 0.15) is 38.7 Å². The smallest absolute Gasteiger partial charge is 0.338 e. The van der Waals surface area contributed by atoms with Crippen molar-refractivity contribution in [2.24, 2.45) is 0 Å². The second-order valence-corrected chi connectivity index (χ2v) is 8.01. The molecule has 26 heavy (non-hydrogen) atoms. The summed E-state index contributed by atoms with van der Waals surface area (Å²) < 4.78 is 40.8. The first kappa shape index (κ1) is 17.2. The molecule has 2 aromatic rings. The Morgan fingerprint density at radius 3 is 2.65 bits per heavy atom. The summed E-state index contributed by atoms with van der Waals surface area (Å²) in [6, 6.07) is 10.0. The van der Waals surface area contributed by atoms with Crippen molar-refractivity contribution in [2.75, 3.05) is 13.2 Å². The Morgan fingerprint density at radius 1 is 1.12 bits per heavy atom. The molecule has 7 heteroatoms. The number of rotatable bonds is 4. The van der Waals surface area contributed by atoms with Crippen LogP contribution < -0.4 is 0 Å². The quantitative estimate of drug-likeness (QED) is 0.605. The van der Waals surface area contributed by atoms with E-state index in [0.29, 0.717) is 18.6 Å². The maximum absolute atomic E-state index is 12.4. The molecule has 2 aliphatic heterocycles. The maximum atomic E-state index is 12.4. The average molecular weight is 374 g/mol. The summed E-state index contributed by atoms with van der Waals surface area (Å²) in [5.41, 5.74) is 4.28. The summed E-state index contributed by atoms with van der Waals surface area (Å²) in [6.45, 7) is 2.47. The number of fused-ring (bicyclic) bond motifs is 3. The van der Waals surface area contributed by atoms with Gasteiger partial charge in [-0.05, 0) is 42.7 Å². The van der Waals surface area contributed by atoms with Crippen molar-refractivity contribution in [2.45, 2.75) is 31.0 Å². The fraction of sp³-hybridized carbons (Fsp3) is 0.316. The SMILES string of the molecule is Cc1ccc(S(=O)(=O)OC[C@@H]2OCCc3c2ccc2c3COC2=O)cc1. The third kappa shape index (κ3) is 3.02. The summed E-state index contributed by atoms with van der Waals surface area (Å²) in [4.78, 5) is 11.8. The van der Waals surface area contributed by atoms with Crippen molar-refractivity contribution >= 4 is 16.1 Å². The molecule has 2 heterocycles. The van der Waals surface area contributed by atoms with Crippen LogP contribution in [0.25, 0.3) is 0 Å². The van der Waals surface area contributed by atoms with E-state index in [4.69, 9.17) is 13.7 Å². The van der Waals surface area contributed by atoms with Crippen molar-refractivity contribution in [3.8, 4) is 0 Å². The van der Waals surface area contributed by atoms with Gasteiger partial charge in [-0.1, -0.05) is 23.8 Å². The molecule has 0 saturated heterocycles. The molecule has 0 saturated carbocycles. The number of cyclic esters (lactones) is 1. The van der Waals surface area contributed by atoms with Crippen LogP contribution in [0.4, 0.5) is 0 Å². The van der Waals surface area contributed by atoms with Gasteiger partial charge in [0.05, 0.1) is 23.7 Å². The van der Waals surface area contributed by atoms with Crippen molar-refractivity contribution in [1.29, 1.82) is 0 Å². The number of benzene rings is 2. The molecule has 0 unspecified atom stereocenters. The second-order valence-electron chi connectivity index (χ2n) is 6.40. The first-order valence-electron chi connectivity index (χ1n) is 8.35. The van der Waals surface area contributed by atoms with E-state index in [-0.39, 0.29) is 24.1 Å². The highest BCUT2D eigenvalue weighted by molar-refractivity contribution is 7.86. The van der Waals surface area contributed by atoms with Gasteiger partial charge in [-0.15, -0.1) is 0 Å². The van der Waals surface area contributed by atoms with Crippen LogP contribution in [0.3, 0.4) is 0 Å². The minimum absolute atomic E-state index is 0.114. The fourth-order valence-electron chi connectivity index (χ4n) is 3.33. The van der Waals surface area contributed by atoms with Crippen LogP contribution in [0.2, 0.25) is 0 Å². The fourth-order valence-corrected chi connectivity index (χ4v) is 4.24. The molecule has 0 aliphatic carbocycles. The standard InChI is InChI=1S/C19H18O6S/c1-12-2-4-13(5-3-12)26(21,22)25-11-18-15-6-7-16-17(10-24-19(16)20)14(15)8-9-23-18/h2-7,18H,8-11H2,1H3/t18-/m0/s1. The van der Waals surface area contributed by atoms with E-state index < -0.39 is 16.2 Å². The normalized spacial score (nSPS) is 19.0. The van der Waals surface area contributed by atoms with E-state index in [9.17, 15) is 13.2 Å². The predicted octanol–water partition coefficient (Wildman–Crippen LogP) is 2.68. The zero-order valence-electron chi connectivity index (χ0n) is 14.2. The zero-order chi connectivity index (χ0) is 18.3. The van der Waals surface area contributed by atoms with Gasteiger partial charge in [-0.3, -0.25) is 4.18 Å². The summed E-state index contributed by atoms with van der Waals surface area (Å²) in [5.74, 6) is -0.316. The molecule has 6 nitrogen and oxygen atoms in total. The number of carbonyl (C=O) groups excluding carboxylic acids is 1. The summed E-state index contributed by atoms with van der Waals surface area (Å²) >= 11 is 0. The van der Waals surface area contributed by atoms with Crippen LogP contribution in [0.15, 0.2) is 41.3 Å². The van der Waals surface area contributed by atoms with Crippen LogP contribution >= 0.6 is 0 Å². The number of aryl methyl sites for hydroxylation is 1. The van der Waals surface area contributed by atoms with Crippen molar-refractivity contribution in [3.05, 3.63) is 64.2 Å². The number of ether oxygens (including phenoxy) is 2. The van der Waals surface area contributed by atoms with Crippen LogP contribution in [-0.4, -0.2) is 27.6 Å². The Kier molecular flexibility index (Phi) is 4.30. The average Bonchev–Trinajstić information content (AvgIpc) is 3.02. The molecule has 0 aromatic heterocycles. The first-order chi connectivity index (χ1) is 12.5. The van der Waals surface area contributed by atoms with Gasteiger partial charge in [0.2, 0.25) is 0 Å². The molecule has 2 aliphatic rings. The summed E-state index contributed by atoms with van der Waals surface area (Å²) in [5, 5.41) is 0. The van der Waals surface area contributed by atoms with Gasteiger partial charge in [-0.25, -0.2) is 4.79 Å². The van der Waals surface area contributed by atoms with E-state index in [2.05, 4.69) is 0 Å². The largest absolute Gasteiger partial charge is 0.457 e. The van der Waals surface area contributed by atoms with Gasteiger partial charge >= 0.3 is 5.97 Å². The number of esters is 1. The van der Waals surface area contributed by atoms with Gasteiger partial charge < -0.3 is 9.47 Å². The molecular formula is C19H18O6S. The lowest BCUT2D eigenvalue weighted by molar-refractivity contribution is 0.0114. The number of hydrogen-bond acceptors (Lipinski definition) is 6. The molecule has 4 rings (SSSR count). The highest BCUT2D eigenvalue weighted by Crippen LogP contribution is 2.35. The van der Waals surface area contributed by atoms with Gasteiger partial charge in [0.1, 0.15) is 12.7 Å².